The van der Waals surface area contributed by atoms with Crippen LogP contribution in [0, 0.1) is 0 Å². The molecule has 8 rings (SSSR count). The van der Waals surface area contributed by atoms with Crippen LogP contribution in [0.1, 0.15) is 83.5 Å². The fourth-order valence-corrected chi connectivity index (χ4v) is 8.69. The number of alkyl halides is 1. The SMILES string of the molecule is CC1CC2(Cc3nc(OC[C@@]45CCCN4C[C@H](F)C5)nc(N4CCCn5nc(C(=O)N(C)C)cc5C4)c3CO2)c2cc(N)ccc21. The van der Waals surface area contributed by atoms with Crippen LogP contribution in [0.5, 0.6) is 6.01 Å². The van der Waals surface area contributed by atoms with E-state index in [0.29, 0.717) is 63.3 Å². The number of anilines is 2. The summed E-state index contributed by atoms with van der Waals surface area (Å²) >= 11 is 0. The molecule has 12 heteroatoms. The summed E-state index contributed by atoms with van der Waals surface area (Å²) in [5.41, 5.74) is 11.9. The lowest BCUT2D eigenvalue weighted by atomic mass is 9.86. The molecule has 3 aromatic rings. The molecule has 1 aromatic carbocycles. The first-order chi connectivity index (χ1) is 22.1. The van der Waals surface area contributed by atoms with Gasteiger partial charge < -0.3 is 25.0 Å². The van der Waals surface area contributed by atoms with E-state index < -0.39 is 11.8 Å². The van der Waals surface area contributed by atoms with E-state index in [0.717, 1.165) is 72.8 Å². The van der Waals surface area contributed by atoms with Gasteiger partial charge in [0.2, 0.25) is 0 Å². The first-order valence-electron chi connectivity index (χ1n) is 16.6. The fraction of sp³-hybridized carbons (Fsp3) is 0.588. The maximum Gasteiger partial charge on any atom is 0.318 e. The Morgan fingerprint density at radius 2 is 2.04 bits per heavy atom. The van der Waals surface area contributed by atoms with Gasteiger partial charge in [-0.25, -0.2) is 4.39 Å². The quantitative estimate of drug-likeness (QED) is 0.421. The topological polar surface area (TPSA) is 115 Å². The van der Waals surface area contributed by atoms with Crippen molar-refractivity contribution in [3.63, 3.8) is 0 Å². The molecular formula is C34H43FN8O3. The van der Waals surface area contributed by atoms with Gasteiger partial charge in [0.25, 0.3) is 5.91 Å². The van der Waals surface area contributed by atoms with E-state index in [2.05, 4.69) is 34.0 Å². The van der Waals surface area contributed by atoms with Gasteiger partial charge in [0, 0.05) is 57.8 Å². The third kappa shape index (κ3) is 4.83. The van der Waals surface area contributed by atoms with Crippen LogP contribution in [-0.4, -0.2) is 87.5 Å². The Morgan fingerprint density at radius 3 is 2.89 bits per heavy atom. The van der Waals surface area contributed by atoms with E-state index >= 15 is 0 Å². The van der Waals surface area contributed by atoms with Crippen molar-refractivity contribution in [1.82, 2.24) is 29.5 Å². The fourth-order valence-electron chi connectivity index (χ4n) is 8.69. The van der Waals surface area contributed by atoms with Crippen molar-refractivity contribution in [2.24, 2.45) is 0 Å². The number of hydrogen-bond donors (Lipinski definition) is 1. The molecule has 2 aromatic heterocycles. The number of carbonyl (C=O) groups excluding carboxylic acids is 1. The van der Waals surface area contributed by atoms with E-state index in [-0.39, 0.29) is 11.4 Å². The Balaban J connectivity index is 1.16. The van der Waals surface area contributed by atoms with E-state index in [4.69, 9.17) is 25.2 Å². The van der Waals surface area contributed by atoms with Crippen LogP contribution >= 0.6 is 0 Å². The molecule has 0 saturated carbocycles. The summed E-state index contributed by atoms with van der Waals surface area (Å²) in [6.45, 7) is 6.36. The zero-order valence-electron chi connectivity index (χ0n) is 27.0. The van der Waals surface area contributed by atoms with E-state index in [1.54, 1.807) is 19.0 Å². The van der Waals surface area contributed by atoms with Crippen molar-refractivity contribution in [3.8, 4) is 6.01 Å². The maximum atomic E-state index is 14.6. The Labute approximate surface area is 268 Å². The molecule has 5 aliphatic rings. The van der Waals surface area contributed by atoms with Crippen LogP contribution in [-0.2, 0) is 36.5 Å². The molecule has 0 bridgehead atoms. The molecule has 0 radical (unpaired) electrons. The first-order valence-corrected chi connectivity index (χ1v) is 16.6. The normalized spacial score (nSPS) is 28.5. The smallest absolute Gasteiger partial charge is 0.318 e. The Kier molecular flexibility index (Phi) is 7.02. The zero-order chi connectivity index (χ0) is 31.8. The molecule has 46 heavy (non-hydrogen) atoms. The molecule has 11 nitrogen and oxygen atoms in total. The van der Waals surface area contributed by atoms with E-state index in [1.165, 1.54) is 5.56 Å². The van der Waals surface area contributed by atoms with Crippen LogP contribution in [0.3, 0.4) is 0 Å². The number of fused-ring (bicyclic) bond motifs is 5. The number of nitrogens with zero attached hydrogens (tertiary/aromatic N) is 7. The maximum absolute atomic E-state index is 14.6. The highest BCUT2D eigenvalue weighted by Gasteiger charge is 2.50. The number of carbonyl (C=O) groups is 1. The number of aromatic nitrogens is 4. The summed E-state index contributed by atoms with van der Waals surface area (Å²) in [6.07, 6.45) is 3.90. The number of hydrogen-bond acceptors (Lipinski definition) is 9. The molecule has 4 aliphatic heterocycles. The summed E-state index contributed by atoms with van der Waals surface area (Å²) in [4.78, 5) is 28.9. The Hall–Kier alpha value is -3.77. The number of benzene rings is 1. The number of nitrogens with two attached hydrogens (primary N) is 1. The minimum atomic E-state index is -0.830. The van der Waals surface area contributed by atoms with Crippen molar-refractivity contribution in [2.75, 3.05) is 51.0 Å². The van der Waals surface area contributed by atoms with Gasteiger partial charge in [-0.15, -0.1) is 0 Å². The van der Waals surface area contributed by atoms with Gasteiger partial charge in [-0.05, 0) is 67.5 Å². The average molecular weight is 631 g/mol. The van der Waals surface area contributed by atoms with E-state index in [1.807, 2.05) is 16.8 Å². The third-order valence-corrected chi connectivity index (χ3v) is 10.9. The summed E-state index contributed by atoms with van der Waals surface area (Å²) in [5.74, 6) is 1.01. The monoisotopic (exact) mass is 630 g/mol. The second kappa shape index (κ2) is 10.9. The molecular weight excluding hydrogens is 587 g/mol. The van der Waals surface area contributed by atoms with Gasteiger partial charge in [0.1, 0.15) is 24.2 Å². The average Bonchev–Trinajstić information content (AvgIpc) is 3.72. The lowest BCUT2D eigenvalue weighted by molar-refractivity contribution is -0.0753. The molecule has 6 heterocycles. The van der Waals surface area contributed by atoms with E-state index in [9.17, 15) is 9.18 Å². The van der Waals surface area contributed by atoms with Crippen molar-refractivity contribution < 1.29 is 18.7 Å². The zero-order valence-corrected chi connectivity index (χ0v) is 27.0. The molecule has 4 atom stereocenters. The van der Waals surface area contributed by atoms with Gasteiger partial charge in [0.15, 0.2) is 5.69 Å². The third-order valence-electron chi connectivity index (χ3n) is 10.9. The highest BCUT2D eigenvalue weighted by atomic mass is 19.1. The van der Waals surface area contributed by atoms with Crippen molar-refractivity contribution in [3.05, 3.63) is 58.0 Å². The summed E-state index contributed by atoms with van der Waals surface area (Å²) in [5, 5.41) is 4.63. The first kappa shape index (κ1) is 29.6. The van der Waals surface area contributed by atoms with Crippen LogP contribution in [0.2, 0.25) is 0 Å². The Bertz CT molecular complexity index is 1690. The lowest BCUT2D eigenvalue weighted by Crippen LogP contribution is -2.43. The van der Waals surface area contributed by atoms with Crippen molar-refractivity contribution >= 4 is 17.4 Å². The Morgan fingerprint density at radius 1 is 1.17 bits per heavy atom. The standard InChI is InChI=1S/C34H43FN8O3/c1-21-14-34(27-12-23(36)6-7-25(21)27)16-29-26(19-46-34)30(38-32(37-29)45-20-33-8-4-10-42(33)17-22(35)15-33)41-9-5-11-43-24(18-41)13-28(39-43)31(44)40(2)3/h6-7,12-13,21-22H,4-5,8-11,14-20,36H2,1-3H3/t21?,22-,33+,34?/m1/s1. The lowest BCUT2D eigenvalue weighted by Gasteiger charge is -2.37. The van der Waals surface area contributed by atoms with Gasteiger partial charge in [-0.2, -0.15) is 15.1 Å². The molecule has 2 fully saturated rings. The minimum absolute atomic E-state index is 0.115. The molecule has 2 N–H and O–H groups in total. The molecule has 1 amide bonds. The predicted molar refractivity (Wildman–Crippen MR) is 171 cm³/mol. The number of aryl methyl sites for hydroxylation is 1. The highest BCUT2D eigenvalue weighted by molar-refractivity contribution is 5.92. The largest absolute Gasteiger partial charge is 0.461 e. The van der Waals surface area contributed by atoms with Crippen LogP contribution < -0.4 is 15.4 Å². The van der Waals surface area contributed by atoms with Gasteiger partial charge in [0.05, 0.1) is 30.1 Å². The molecule has 244 valence electrons. The number of ether oxygens (including phenoxy) is 2. The number of nitrogen functional groups attached to an aromatic ring is 1. The van der Waals surface area contributed by atoms with Gasteiger partial charge in [-0.3, -0.25) is 14.4 Å². The molecule has 2 saturated heterocycles. The van der Waals surface area contributed by atoms with Crippen LogP contribution in [0.25, 0.3) is 0 Å². The minimum Gasteiger partial charge on any atom is -0.461 e. The number of amides is 1. The molecule has 2 unspecified atom stereocenters. The van der Waals surface area contributed by atoms with Crippen LogP contribution in [0.4, 0.5) is 15.9 Å². The summed E-state index contributed by atoms with van der Waals surface area (Å²) in [7, 11) is 3.48. The second-order valence-electron chi connectivity index (χ2n) is 14.2. The number of halogens is 1. The van der Waals surface area contributed by atoms with Crippen LogP contribution in [0.15, 0.2) is 24.3 Å². The highest BCUT2D eigenvalue weighted by Crippen LogP contribution is 2.52. The predicted octanol–water partition coefficient (Wildman–Crippen LogP) is 3.80. The summed E-state index contributed by atoms with van der Waals surface area (Å²) < 4.78 is 29.8. The van der Waals surface area contributed by atoms with Gasteiger partial charge in [-0.1, -0.05) is 13.0 Å². The van der Waals surface area contributed by atoms with Gasteiger partial charge >= 0.3 is 6.01 Å². The second-order valence-corrected chi connectivity index (χ2v) is 14.2. The molecule has 1 aliphatic carbocycles. The number of rotatable bonds is 5. The summed E-state index contributed by atoms with van der Waals surface area (Å²) in [6, 6.07) is 8.38. The van der Waals surface area contributed by atoms with Crippen molar-refractivity contribution in [2.45, 2.75) is 88.4 Å². The molecule has 1 spiro atoms. The van der Waals surface area contributed by atoms with Crippen molar-refractivity contribution in [1.29, 1.82) is 0 Å².